The maximum absolute atomic E-state index is 12.9. The van der Waals surface area contributed by atoms with E-state index in [1.807, 2.05) is 42.5 Å². The summed E-state index contributed by atoms with van der Waals surface area (Å²) >= 11 is 0. The number of nitrogens with zero attached hydrogens (tertiary/aromatic N) is 3. The van der Waals surface area contributed by atoms with Crippen LogP contribution >= 0.6 is 0 Å². The van der Waals surface area contributed by atoms with Crippen molar-refractivity contribution in [1.82, 2.24) is 20.1 Å². The second-order valence-corrected chi connectivity index (χ2v) is 6.89. The van der Waals surface area contributed by atoms with Gasteiger partial charge in [-0.3, -0.25) is 9.48 Å². The summed E-state index contributed by atoms with van der Waals surface area (Å²) in [6.45, 7) is 2.68. The Kier molecular flexibility index (Phi) is 4.52. The average Bonchev–Trinajstić information content (AvgIpc) is 3.30. The van der Waals surface area contributed by atoms with Crippen LogP contribution in [0.5, 0.6) is 0 Å². The number of amides is 1. The Labute approximate surface area is 153 Å². The third-order valence-corrected chi connectivity index (χ3v) is 5.07. The summed E-state index contributed by atoms with van der Waals surface area (Å²) in [5, 5.41) is 7.40. The van der Waals surface area contributed by atoms with Gasteiger partial charge in [0, 0.05) is 5.92 Å². The van der Waals surface area contributed by atoms with Crippen LogP contribution in [0.4, 0.5) is 0 Å². The molecule has 1 aliphatic rings. The topological polar surface area (TPSA) is 59.8 Å². The van der Waals surface area contributed by atoms with Crippen molar-refractivity contribution in [3.63, 3.8) is 0 Å². The Morgan fingerprint density at radius 1 is 1.19 bits per heavy atom. The molecule has 0 aliphatic heterocycles. The van der Waals surface area contributed by atoms with Crippen molar-refractivity contribution >= 4 is 5.91 Å². The molecule has 1 aromatic heterocycles. The number of rotatable bonds is 6. The number of hydrogen-bond acceptors (Lipinski definition) is 3. The van der Waals surface area contributed by atoms with E-state index in [-0.39, 0.29) is 17.9 Å². The number of aromatic nitrogens is 3. The zero-order valence-corrected chi connectivity index (χ0v) is 14.7. The molecule has 5 heteroatoms. The average molecular weight is 346 g/mol. The Hall–Kier alpha value is -2.95. The third-order valence-electron chi connectivity index (χ3n) is 5.07. The second-order valence-electron chi connectivity index (χ2n) is 6.89. The molecule has 1 amide bonds. The summed E-state index contributed by atoms with van der Waals surface area (Å²) in [6.07, 6.45) is 4.11. The van der Waals surface area contributed by atoms with Crippen LogP contribution in [0.3, 0.4) is 0 Å². The van der Waals surface area contributed by atoms with E-state index in [0.717, 1.165) is 12.0 Å². The van der Waals surface area contributed by atoms with E-state index in [0.29, 0.717) is 12.5 Å². The quantitative estimate of drug-likeness (QED) is 0.745. The van der Waals surface area contributed by atoms with Gasteiger partial charge in [0.2, 0.25) is 5.91 Å². The third kappa shape index (κ3) is 3.52. The molecule has 3 aromatic rings. The van der Waals surface area contributed by atoms with E-state index in [1.165, 1.54) is 17.5 Å². The van der Waals surface area contributed by atoms with Crippen molar-refractivity contribution < 1.29 is 4.79 Å². The van der Waals surface area contributed by atoms with Gasteiger partial charge < -0.3 is 5.32 Å². The summed E-state index contributed by atoms with van der Waals surface area (Å²) < 4.78 is 1.75. The van der Waals surface area contributed by atoms with Gasteiger partial charge >= 0.3 is 0 Å². The van der Waals surface area contributed by atoms with Crippen LogP contribution in [0.25, 0.3) is 0 Å². The van der Waals surface area contributed by atoms with E-state index < -0.39 is 0 Å². The van der Waals surface area contributed by atoms with E-state index in [4.69, 9.17) is 0 Å². The van der Waals surface area contributed by atoms with Crippen LogP contribution < -0.4 is 5.32 Å². The van der Waals surface area contributed by atoms with Crippen molar-refractivity contribution in [3.05, 3.63) is 83.9 Å². The Morgan fingerprint density at radius 3 is 2.69 bits per heavy atom. The molecule has 0 saturated heterocycles. The second kappa shape index (κ2) is 7.12. The molecule has 2 aromatic carbocycles. The summed E-state index contributed by atoms with van der Waals surface area (Å²) in [5.41, 5.74) is 3.62. The minimum atomic E-state index is -0.122. The molecular formula is C21H22N4O. The highest BCUT2D eigenvalue weighted by atomic mass is 16.2. The number of carbonyl (C=O) groups excluding carboxylic acids is 1. The lowest BCUT2D eigenvalue weighted by atomic mass is 10.0. The molecule has 1 heterocycles. The Balaban J connectivity index is 1.48. The van der Waals surface area contributed by atoms with Gasteiger partial charge in [0.25, 0.3) is 0 Å². The molecule has 1 fully saturated rings. The van der Waals surface area contributed by atoms with E-state index in [2.05, 4.69) is 34.5 Å². The molecular weight excluding hydrogens is 324 g/mol. The summed E-state index contributed by atoms with van der Waals surface area (Å²) in [4.78, 5) is 16.9. The minimum Gasteiger partial charge on any atom is -0.347 e. The fourth-order valence-corrected chi connectivity index (χ4v) is 3.54. The van der Waals surface area contributed by atoms with Gasteiger partial charge in [0.1, 0.15) is 12.7 Å². The lowest BCUT2D eigenvalue weighted by Gasteiger charge is -2.19. The van der Waals surface area contributed by atoms with Gasteiger partial charge in [0.05, 0.1) is 12.6 Å². The standard InChI is InChI=1S/C21H22N4O/c1-15-7-5-6-10-17(15)18-11-19(18)21(26)24-20(12-25-14-22-13-23-25)16-8-3-2-4-9-16/h2-10,13-14,18-20H,11-12H2,1H3,(H,24,26)/t18-,19+,20+/m0/s1. The molecule has 1 N–H and O–H groups in total. The van der Waals surface area contributed by atoms with Crippen molar-refractivity contribution in [1.29, 1.82) is 0 Å². The molecule has 26 heavy (non-hydrogen) atoms. The van der Waals surface area contributed by atoms with Crippen LogP contribution in [0.15, 0.2) is 67.3 Å². The number of benzene rings is 2. The Bertz CT molecular complexity index is 876. The van der Waals surface area contributed by atoms with Gasteiger partial charge in [0.15, 0.2) is 0 Å². The Morgan fingerprint density at radius 2 is 1.96 bits per heavy atom. The highest BCUT2D eigenvalue weighted by molar-refractivity contribution is 5.83. The first kappa shape index (κ1) is 16.5. The lowest BCUT2D eigenvalue weighted by molar-refractivity contribution is -0.123. The first-order chi connectivity index (χ1) is 12.7. The predicted octanol–water partition coefficient (Wildman–Crippen LogP) is 3.25. The fourth-order valence-electron chi connectivity index (χ4n) is 3.54. The molecule has 132 valence electrons. The maximum atomic E-state index is 12.9. The monoisotopic (exact) mass is 346 g/mol. The first-order valence-corrected chi connectivity index (χ1v) is 8.95. The normalized spacial score (nSPS) is 19.7. The van der Waals surface area contributed by atoms with Crippen molar-refractivity contribution in [3.8, 4) is 0 Å². The van der Waals surface area contributed by atoms with Gasteiger partial charge in [-0.15, -0.1) is 0 Å². The van der Waals surface area contributed by atoms with Crippen LogP contribution in [0.1, 0.15) is 35.1 Å². The maximum Gasteiger partial charge on any atom is 0.224 e. The number of aryl methyl sites for hydroxylation is 1. The molecule has 1 aliphatic carbocycles. The molecule has 5 nitrogen and oxygen atoms in total. The zero-order valence-electron chi connectivity index (χ0n) is 14.7. The zero-order chi connectivity index (χ0) is 17.9. The summed E-state index contributed by atoms with van der Waals surface area (Å²) in [6, 6.07) is 18.2. The van der Waals surface area contributed by atoms with E-state index in [9.17, 15) is 4.79 Å². The van der Waals surface area contributed by atoms with Crippen molar-refractivity contribution in [2.24, 2.45) is 5.92 Å². The largest absolute Gasteiger partial charge is 0.347 e. The smallest absolute Gasteiger partial charge is 0.224 e. The van der Waals surface area contributed by atoms with Gasteiger partial charge in [-0.25, -0.2) is 4.98 Å². The molecule has 3 atom stereocenters. The molecule has 0 radical (unpaired) electrons. The lowest BCUT2D eigenvalue weighted by Crippen LogP contribution is -2.33. The van der Waals surface area contributed by atoms with Crippen LogP contribution in [-0.4, -0.2) is 20.7 Å². The van der Waals surface area contributed by atoms with Gasteiger partial charge in [-0.05, 0) is 36.0 Å². The van der Waals surface area contributed by atoms with Gasteiger partial charge in [-0.1, -0.05) is 54.6 Å². The first-order valence-electron chi connectivity index (χ1n) is 8.95. The molecule has 0 spiro atoms. The SMILES string of the molecule is Cc1ccccc1[C@@H]1C[C@H]1C(=O)N[C@H](Cn1cncn1)c1ccccc1. The number of nitrogens with one attached hydrogen (secondary N) is 1. The number of hydrogen-bond donors (Lipinski definition) is 1. The van der Waals surface area contributed by atoms with E-state index in [1.54, 1.807) is 11.0 Å². The molecule has 1 saturated carbocycles. The molecule has 0 unspecified atom stereocenters. The summed E-state index contributed by atoms with van der Waals surface area (Å²) in [7, 11) is 0. The predicted molar refractivity (Wildman–Crippen MR) is 99.4 cm³/mol. The number of carbonyl (C=O) groups is 1. The van der Waals surface area contributed by atoms with Crippen LogP contribution in [0, 0.1) is 12.8 Å². The highest BCUT2D eigenvalue weighted by Gasteiger charge is 2.44. The molecule has 4 rings (SSSR count). The minimum absolute atomic E-state index is 0.0538. The fraction of sp³-hybridized carbons (Fsp3) is 0.286. The van der Waals surface area contributed by atoms with Crippen molar-refractivity contribution in [2.45, 2.75) is 31.8 Å². The van der Waals surface area contributed by atoms with Gasteiger partial charge in [-0.2, -0.15) is 5.10 Å². The summed E-state index contributed by atoms with van der Waals surface area (Å²) in [5.74, 6) is 0.504. The van der Waals surface area contributed by atoms with Crippen LogP contribution in [-0.2, 0) is 11.3 Å². The van der Waals surface area contributed by atoms with E-state index >= 15 is 0 Å². The van der Waals surface area contributed by atoms with Crippen molar-refractivity contribution in [2.75, 3.05) is 0 Å². The molecule has 0 bridgehead atoms. The highest BCUT2D eigenvalue weighted by Crippen LogP contribution is 2.48. The van der Waals surface area contributed by atoms with Crippen LogP contribution in [0.2, 0.25) is 0 Å².